The second kappa shape index (κ2) is 6.29. The highest BCUT2D eigenvalue weighted by Crippen LogP contribution is 2.11. The standard InChI is InChI=1S/C10H13F3N4O/c1-7-15-3-2-8(17-7)4-14-5-9(18)16-6-10(11,12)13/h2-3,14H,4-6H2,1H3,(H,16,18). The van der Waals surface area contributed by atoms with Crippen LogP contribution in [-0.4, -0.2) is 35.1 Å². The van der Waals surface area contributed by atoms with E-state index < -0.39 is 18.6 Å². The Morgan fingerprint density at radius 3 is 2.78 bits per heavy atom. The van der Waals surface area contributed by atoms with Crippen LogP contribution in [0.15, 0.2) is 12.3 Å². The summed E-state index contributed by atoms with van der Waals surface area (Å²) < 4.78 is 35.4. The number of carbonyl (C=O) groups excluding carboxylic acids is 1. The smallest absolute Gasteiger partial charge is 0.346 e. The number of aromatic nitrogens is 2. The molecule has 100 valence electrons. The summed E-state index contributed by atoms with van der Waals surface area (Å²) in [6.07, 6.45) is -2.82. The number of aryl methyl sites for hydroxylation is 1. The fraction of sp³-hybridized carbons (Fsp3) is 0.500. The van der Waals surface area contributed by atoms with Gasteiger partial charge in [-0.25, -0.2) is 9.97 Å². The molecule has 0 aliphatic heterocycles. The lowest BCUT2D eigenvalue weighted by atomic mass is 10.4. The molecular formula is C10H13F3N4O. The Bertz CT molecular complexity index is 408. The van der Waals surface area contributed by atoms with Gasteiger partial charge in [-0.2, -0.15) is 13.2 Å². The molecule has 8 heteroatoms. The Kier molecular flexibility index (Phi) is 5.02. The minimum Gasteiger partial charge on any atom is -0.346 e. The fourth-order valence-electron chi connectivity index (χ4n) is 1.17. The Morgan fingerprint density at radius 2 is 2.17 bits per heavy atom. The van der Waals surface area contributed by atoms with E-state index in [0.29, 0.717) is 18.1 Å². The SMILES string of the molecule is Cc1nccc(CNCC(=O)NCC(F)(F)F)n1. The van der Waals surface area contributed by atoms with Crippen molar-refractivity contribution >= 4 is 5.91 Å². The van der Waals surface area contributed by atoms with Gasteiger partial charge in [0.2, 0.25) is 5.91 Å². The zero-order valence-corrected chi connectivity index (χ0v) is 9.71. The molecule has 0 saturated heterocycles. The number of nitrogens with one attached hydrogen (secondary N) is 2. The van der Waals surface area contributed by atoms with Crippen molar-refractivity contribution in [2.24, 2.45) is 0 Å². The summed E-state index contributed by atoms with van der Waals surface area (Å²) in [6.45, 7) is 0.502. The van der Waals surface area contributed by atoms with E-state index in [9.17, 15) is 18.0 Å². The molecule has 1 heterocycles. The molecule has 1 aromatic rings. The number of amides is 1. The van der Waals surface area contributed by atoms with Crippen LogP contribution in [0.2, 0.25) is 0 Å². The summed E-state index contributed by atoms with van der Waals surface area (Å²) in [7, 11) is 0. The van der Waals surface area contributed by atoms with Crippen molar-refractivity contribution in [2.45, 2.75) is 19.6 Å². The molecule has 1 aromatic heterocycles. The predicted octanol–water partition coefficient (Wildman–Crippen LogP) is 0.553. The highest BCUT2D eigenvalue weighted by molar-refractivity contribution is 5.77. The molecule has 0 aliphatic carbocycles. The fourth-order valence-corrected chi connectivity index (χ4v) is 1.17. The van der Waals surface area contributed by atoms with Crippen LogP contribution in [0.1, 0.15) is 11.5 Å². The lowest BCUT2D eigenvalue weighted by Gasteiger charge is -2.08. The van der Waals surface area contributed by atoms with E-state index in [1.54, 1.807) is 24.5 Å². The number of rotatable bonds is 5. The molecule has 18 heavy (non-hydrogen) atoms. The first kappa shape index (κ1) is 14.4. The quantitative estimate of drug-likeness (QED) is 0.813. The number of alkyl halides is 3. The average Bonchev–Trinajstić information content (AvgIpc) is 2.25. The van der Waals surface area contributed by atoms with E-state index in [4.69, 9.17) is 0 Å². The lowest BCUT2D eigenvalue weighted by molar-refractivity contribution is -0.137. The van der Waals surface area contributed by atoms with Crippen molar-refractivity contribution < 1.29 is 18.0 Å². The van der Waals surface area contributed by atoms with E-state index in [1.807, 2.05) is 0 Å². The van der Waals surface area contributed by atoms with E-state index in [-0.39, 0.29) is 6.54 Å². The summed E-state index contributed by atoms with van der Waals surface area (Å²) in [5.74, 6) is -0.117. The van der Waals surface area contributed by atoms with Crippen LogP contribution in [-0.2, 0) is 11.3 Å². The molecule has 5 nitrogen and oxygen atoms in total. The van der Waals surface area contributed by atoms with E-state index in [1.165, 1.54) is 0 Å². The van der Waals surface area contributed by atoms with Gasteiger partial charge >= 0.3 is 6.18 Å². The van der Waals surface area contributed by atoms with Crippen molar-refractivity contribution in [3.05, 3.63) is 23.8 Å². The van der Waals surface area contributed by atoms with Crippen LogP contribution in [0.4, 0.5) is 13.2 Å². The third-order valence-corrected chi connectivity index (χ3v) is 1.91. The van der Waals surface area contributed by atoms with Crippen molar-refractivity contribution in [1.29, 1.82) is 0 Å². The number of nitrogens with zero attached hydrogens (tertiary/aromatic N) is 2. The predicted molar refractivity (Wildman–Crippen MR) is 57.5 cm³/mol. The summed E-state index contributed by atoms with van der Waals surface area (Å²) in [6, 6.07) is 1.66. The normalized spacial score (nSPS) is 11.3. The first-order valence-corrected chi connectivity index (χ1v) is 5.19. The lowest BCUT2D eigenvalue weighted by Crippen LogP contribution is -2.39. The minimum atomic E-state index is -4.39. The topological polar surface area (TPSA) is 66.9 Å². The van der Waals surface area contributed by atoms with Gasteiger partial charge < -0.3 is 10.6 Å². The minimum absolute atomic E-state index is 0.195. The third-order valence-electron chi connectivity index (χ3n) is 1.91. The van der Waals surface area contributed by atoms with Gasteiger partial charge in [-0.05, 0) is 13.0 Å². The van der Waals surface area contributed by atoms with Gasteiger partial charge in [0.05, 0.1) is 12.2 Å². The monoisotopic (exact) mass is 262 g/mol. The Balaban J connectivity index is 2.23. The molecule has 0 radical (unpaired) electrons. The van der Waals surface area contributed by atoms with E-state index in [0.717, 1.165) is 0 Å². The summed E-state index contributed by atoms with van der Waals surface area (Å²) >= 11 is 0. The van der Waals surface area contributed by atoms with Crippen molar-refractivity contribution in [1.82, 2.24) is 20.6 Å². The molecule has 1 amide bonds. The summed E-state index contributed by atoms with van der Waals surface area (Å²) in [5.41, 5.74) is 0.672. The second-order valence-electron chi connectivity index (χ2n) is 3.59. The van der Waals surface area contributed by atoms with Gasteiger partial charge in [-0.3, -0.25) is 4.79 Å². The Morgan fingerprint density at radius 1 is 1.44 bits per heavy atom. The van der Waals surface area contributed by atoms with Crippen molar-refractivity contribution in [2.75, 3.05) is 13.1 Å². The largest absolute Gasteiger partial charge is 0.405 e. The van der Waals surface area contributed by atoms with Crippen LogP contribution >= 0.6 is 0 Å². The van der Waals surface area contributed by atoms with Crippen molar-refractivity contribution in [3.8, 4) is 0 Å². The van der Waals surface area contributed by atoms with Gasteiger partial charge in [0.25, 0.3) is 0 Å². The first-order valence-electron chi connectivity index (χ1n) is 5.19. The van der Waals surface area contributed by atoms with Crippen LogP contribution in [0.5, 0.6) is 0 Å². The average molecular weight is 262 g/mol. The molecule has 0 spiro atoms. The molecule has 0 unspecified atom stereocenters. The molecule has 0 saturated carbocycles. The van der Waals surface area contributed by atoms with E-state index >= 15 is 0 Å². The van der Waals surface area contributed by atoms with Gasteiger partial charge in [-0.15, -0.1) is 0 Å². The Labute approximate surface area is 102 Å². The molecule has 2 N–H and O–H groups in total. The van der Waals surface area contributed by atoms with Gasteiger partial charge in [0, 0.05) is 12.7 Å². The summed E-state index contributed by atoms with van der Waals surface area (Å²) in [5, 5.41) is 4.46. The second-order valence-corrected chi connectivity index (χ2v) is 3.59. The van der Waals surface area contributed by atoms with Crippen LogP contribution in [0, 0.1) is 6.92 Å². The maximum Gasteiger partial charge on any atom is 0.405 e. The number of carbonyl (C=O) groups is 1. The van der Waals surface area contributed by atoms with Crippen LogP contribution < -0.4 is 10.6 Å². The Hall–Kier alpha value is -1.70. The third kappa shape index (κ3) is 6.14. The highest BCUT2D eigenvalue weighted by Gasteiger charge is 2.27. The zero-order valence-electron chi connectivity index (χ0n) is 9.71. The van der Waals surface area contributed by atoms with Gasteiger partial charge in [0.1, 0.15) is 12.4 Å². The number of hydrogen-bond acceptors (Lipinski definition) is 4. The maximum atomic E-state index is 11.8. The molecule has 0 bridgehead atoms. The van der Waals surface area contributed by atoms with Gasteiger partial charge in [0.15, 0.2) is 0 Å². The van der Waals surface area contributed by atoms with Gasteiger partial charge in [-0.1, -0.05) is 0 Å². The van der Waals surface area contributed by atoms with Crippen LogP contribution in [0.25, 0.3) is 0 Å². The molecule has 0 atom stereocenters. The maximum absolute atomic E-state index is 11.8. The number of hydrogen-bond donors (Lipinski definition) is 2. The molecular weight excluding hydrogens is 249 g/mol. The first-order chi connectivity index (χ1) is 8.37. The highest BCUT2D eigenvalue weighted by atomic mass is 19.4. The number of halogens is 3. The van der Waals surface area contributed by atoms with Crippen molar-refractivity contribution in [3.63, 3.8) is 0 Å². The molecule has 1 rings (SSSR count). The van der Waals surface area contributed by atoms with Crippen LogP contribution in [0.3, 0.4) is 0 Å². The molecule has 0 fully saturated rings. The summed E-state index contributed by atoms with van der Waals surface area (Å²) in [4.78, 5) is 19.0. The molecule has 0 aliphatic rings. The van der Waals surface area contributed by atoms with E-state index in [2.05, 4.69) is 15.3 Å². The molecule has 0 aromatic carbocycles. The zero-order chi connectivity index (χ0) is 13.6.